The Balaban J connectivity index is 2.49. The number of hydrogen-bond donors (Lipinski definition) is 2. The highest BCUT2D eigenvalue weighted by Crippen LogP contribution is 2.34. The Kier molecular flexibility index (Phi) is 3.22. The summed E-state index contributed by atoms with van der Waals surface area (Å²) >= 11 is 3.35. The highest BCUT2D eigenvalue weighted by Gasteiger charge is 2.27. The molecule has 3 heteroatoms. The summed E-state index contributed by atoms with van der Waals surface area (Å²) in [6.07, 6.45) is 0. The second-order valence-corrected chi connectivity index (χ2v) is 5.01. The van der Waals surface area contributed by atoms with Gasteiger partial charge >= 0.3 is 0 Å². The smallest absolute Gasteiger partial charge is 0.122 e. The van der Waals surface area contributed by atoms with Crippen LogP contribution >= 0.6 is 15.9 Å². The van der Waals surface area contributed by atoms with Crippen molar-refractivity contribution in [3.63, 3.8) is 0 Å². The molecule has 2 nitrogen and oxygen atoms in total. The molecule has 2 N–H and O–H groups in total. The highest BCUT2D eigenvalue weighted by atomic mass is 79.9. The molecule has 1 atom stereocenters. The Bertz CT molecular complexity index is 518. The molecule has 0 spiro atoms. The summed E-state index contributed by atoms with van der Waals surface area (Å²) < 4.78 is 0.953. The van der Waals surface area contributed by atoms with Gasteiger partial charge in [0, 0.05) is 10.0 Å². The maximum atomic E-state index is 10.6. The summed E-state index contributed by atoms with van der Waals surface area (Å²) in [5, 5.41) is 20.3. The number of hydrogen-bond acceptors (Lipinski definition) is 2. The second kappa shape index (κ2) is 4.51. The van der Waals surface area contributed by atoms with Crippen LogP contribution in [0.15, 0.2) is 53.0 Å². The molecule has 2 rings (SSSR count). The Morgan fingerprint density at radius 3 is 2.18 bits per heavy atom. The van der Waals surface area contributed by atoms with E-state index in [9.17, 15) is 10.2 Å². The predicted octanol–water partition coefficient (Wildman–Crippen LogP) is 3.41. The molecule has 0 radical (unpaired) electrons. The van der Waals surface area contributed by atoms with Crippen LogP contribution < -0.4 is 0 Å². The molecule has 0 aliphatic rings. The molecule has 0 saturated carbocycles. The van der Waals surface area contributed by atoms with Crippen molar-refractivity contribution in [2.24, 2.45) is 0 Å². The van der Waals surface area contributed by atoms with E-state index in [2.05, 4.69) is 15.9 Å². The number of rotatable bonds is 2. The number of aromatic hydroxyl groups is 1. The van der Waals surface area contributed by atoms with Gasteiger partial charge in [0.2, 0.25) is 0 Å². The third-order valence-corrected chi connectivity index (χ3v) is 3.36. The Hall–Kier alpha value is -1.32. The maximum absolute atomic E-state index is 10.6. The Morgan fingerprint density at radius 1 is 1.00 bits per heavy atom. The zero-order valence-corrected chi connectivity index (χ0v) is 11.0. The number of halogens is 1. The van der Waals surface area contributed by atoms with E-state index < -0.39 is 5.60 Å². The van der Waals surface area contributed by atoms with Crippen molar-refractivity contribution in [3.8, 4) is 5.75 Å². The van der Waals surface area contributed by atoms with Gasteiger partial charge in [-0.25, -0.2) is 0 Å². The van der Waals surface area contributed by atoms with Crippen LogP contribution in [0.2, 0.25) is 0 Å². The SMILES string of the molecule is CC(O)(c1ccc(Br)cc1)c1ccccc1O. The van der Waals surface area contributed by atoms with Crippen molar-refractivity contribution in [2.75, 3.05) is 0 Å². The number of benzene rings is 2. The molecule has 0 aliphatic carbocycles. The molecule has 88 valence electrons. The van der Waals surface area contributed by atoms with Gasteiger partial charge in [0.15, 0.2) is 0 Å². The molecule has 0 amide bonds. The van der Waals surface area contributed by atoms with Crippen molar-refractivity contribution in [1.29, 1.82) is 0 Å². The van der Waals surface area contributed by atoms with Crippen LogP contribution in [0.25, 0.3) is 0 Å². The molecule has 0 bridgehead atoms. The summed E-state index contributed by atoms with van der Waals surface area (Å²) in [7, 11) is 0. The zero-order chi connectivity index (χ0) is 12.5. The monoisotopic (exact) mass is 292 g/mol. The van der Waals surface area contributed by atoms with E-state index in [-0.39, 0.29) is 5.75 Å². The first-order chi connectivity index (χ1) is 8.01. The van der Waals surface area contributed by atoms with Crippen molar-refractivity contribution in [1.82, 2.24) is 0 Å². The van der Waals surface area contributed by atoms with E-state index in [0.29, 0.717) is 5.56 Å². The van der Waals surface area contributed by atoms with Crippen LogP contribution in [0.3, 0.4) is 0 Å². The van der Waals surface area contributed by atoms with Crippen LogP contribution in [0, 0.1) is 0 Å². The van der Waals surface area contributed by atoms with E-state index >= 15 is 0 Å². The van der Waals surface area contributed by atoms with E-state index in [1.165, 1.54) is 0 Å². The van der Waals surface area contributed by atoms with Gasteiger partial charge in [-0.2, -0.15) is 0 Å². The van der Waals surface area contributed by atoms with Crippen molar-refractivity contribution >= 4 is 15.9 Å². The van der Waals surface area contributed by atoms with E-state index in [1.54, 1.807) is 31.2 Å². The minimum Gasteiger partial charge on any atom is -0.508 e. The molecule has 0 fully saturated rings. The molecule has 17 heavy (non-hydrogen) atoms. The minimum atomic E-state index is -1.20. The lowest BCUT2D eigenvalue weighted by atomic mass is 9.88. The predicted molar refractivity (Wildman–Crippen MR) is 70.9 cm³/mol. The third-order valence-electron chi connectivity index (χ3n) is 2.83. The number of para-hydroxylation sites is 1. The molecule has 0 aromatic heterocycles. The summed E-state index contributed by atoms with van der Waals surface area (Å²) in [4.78, 5) is 0. The first-order valence-corrected chi connectivity index (χ1v) is 6.08. The van der Waals surface area contributed by atoms with Crippen LogP contribution in [0.1, 0.15) is 18.1 Å². The fraction of sp³-hybridized carbons (Fsp3) is 0.143. The fourth-order valence-electron chi connectivity index (χ4n) is 1.82. The molecule has 0 heterocycles. The second-order valence-electron chi connectivity index (χ2n) is 4.10. The topological polar surface area (TPSA) is 40.5 Å². The van der Waals surface area contributed by atoms with Gasteiger partial charge in [-0.1, -0.05) is 46.3 Å². The summed E-state index contributed by atoms with van der Waals surface area (Å²) in [6, 6.07) is 14.2. The van der Waals surface area contributed by atoms with Gasteiger partial charge in [0.05, 0.1) is 0 Å². The third kappa shape index (κ3) is 2.35. The lowest BCUT2D eigenvalue weighted by Gasteiger charge is -2.25. The fourth-order valence-corrected chi connectivity index (χ4v) is 2.08. The highest BCUT2D eigenvalue weighted by molar-refractivity contribution is 9.10. The quantitative estimate of drug-likeness (QED) is 0.890. The van der Waals surface area contributed by atoms with Crippen molar-refractivity contribution < 1.29 is 10.2 Å². The lowest BCUT2D eigenvalue weighted by Crippen LogP contribution is -2.22. The normalized spacial score (nSPS) is 14.3. The van der Waals surface area contributed by atoms with Crippen LogP contribution in [-0.4, -0.2) is 10.2 Å². The molecule has 2 aromatic carbocycles. The Labute approximate surface area is 109 Å². The first kappa shape index (κ1) is 12.1. The number of phenols is 1. The van der Waals surface area contributed by atoms with Crippen molar-refractivity contribution in [3.05, 3.63) is 64.1 Å². The van der Waals surface area contributed by atoms with Crippen LogP contribution in [0.5, 0.6) is 5.75 Å². The van der Waals surface area contributed by atoms with Crippen LogP contribution in [0.4, 0.5) is 0 Å². The van der Waals surface area contributed by atoms with E-state index in [0.717, 1.165) is 10.0 Å². The zero-order valence-electron chi connectivity index (χ0n) is 9.39. The molecule has 2 aromatic rings. The average Bonchev–Trinajstić information content (AvgIpc) is 2.30. The van der Waals surface area contributed by atoms with Gasteiger partial charge in [-0.15, -0.1) is 0 Å². The summed E-state index contributed by atoms with van der Waals surface area (Å²) in [5.41, 5.74) is 0.0380. The molecule has 1 unspecified atom stereocenters. The minimum absolute atomic E-state index is 0.0976. The Morgan fingerprint density at radius 2 is 1.59 bits per heavy atom. The molecular formula is C14H13BrO2. The standard InChI is InChI=1S/C14H13BrO2/c1-14(17,10-6-8-11(15)9-7-10)12-4-2-3-5-13(12)16/h2-9,16-17H,1H3. The lowest BCUT2D eigenvalue weighted by molar-refractivity contribution is 0.0992. The summed E-state index contributed by atoms with van der Waals surface area (Å²) in [6.45, 7) is 1.67. The number of phenolic OH excluding ortho intramolecular Hbond substituents is 1. The first-order valence-electron chi connectivity index (χ1n) is 5.28. The van der Waals surface area contributed by atoms with Crippen molar-refractivity contribution in [2.45, 2.75) is 12.5 Å². The van der Waals surface area contributed by atoms with E-state index in [4.69, 9.17) is 0 Å². The molecule has 0 aliphatic heterocycles. The van der Waals surface area contributed by atoms with Gasteiger partial charge < -0.3 is 10.2 Å². The van der Waals surface area contributed by atoms with Crippen LogP contribution in [-0.2, 0) is 5.60 Å². The largest absolute Gasteiger partial charge is 0.508 e. The molecule has 0 saturated heterocycles. The molecular weight excluding hydrogens is 280 g/mol. The van der Waals surface area contributed by atoms with Gasteiger partial charge in [0.1, 0.15) is 11.4 Å². The number of aliphatic hydroxyl groups is 1. The van der Waals surface area contributed by atoms with Gasteiger partial charge in [-0.05, 0) is 30.7 Å². The van der Waals surface area contributed by atoms with Gasteiger partial charge in [0.25, 0.3) is 0 Å². The van der Waals surface area contributed by atoms with E-state index in [1.807, 2.05) is 24.3 Å². The average molecular weight is 293 g/mol. The summed E-state index contributed by atoms with van der Waals surface area (Å²) in [5.74, 6) is 0.0976. The maximum Gasteiger partial charge on any atom is 0.122 e. The van der Waals surface area contributed by atoms with Gasteiger partial charge in [-0.3, -0.25) is 0 Å².